The molecule has 1 saturated carbocycles. The first-order valence-corrected chi connectivity index (χ1v) is 10.2. The van der Waals surface area contributed by atoms with Crippen molar-refractivity contribution in [3.63, 3.8) is 0 Å². The quantitative estimate of drug-likeness (QED) is 0.663. The number of hydrogen-bond acceptors (Lipinski definition) is 8. The van der Waals surface area contributed by atoms with E-state index >= 15 is 0 Å². The Hall–Kier alpha value is -2.61. The van der Waals surface area contributed by atoms with Crippen molar-refractivity contribution in [1.29, 1.82) is 0 Å². The number of piperidine rings is 1. The molecular formula is C21H26N6O2. The molecular weight excluding hydrogens is 368 g/mol. The van der Waals surface area contributed by atoms with Crippen molar-refractivity contribution < 1.29 is 9.05 Å². The van der Waals surface area contributed by atoms with Gasteiger partial charge in [0.2, 0.25) is 17.6 Å². The predicted molar refractivity (Wildman–Crippen MR) is 105 cm³/mol. The number of rotatable bonds is 4. The van der Waals surface area contributed by atoms with Crippen LogP contribution in [0.4, 0.5) is 0 Å². The Balaban J connectivity index is 1.19. The van der Waals surface area contributed by atoms with Crippen LogP contribution < -0.4 is 0 Å². The highest BCUT2D eigenvalue weighted by molar-refractivity contribution is 5.52. The molecule has 8 nitrogen and oxygen atoms in total. The van der Waals surface area contributed by atoms with Gasteiger partial charge in [0.05, 0.1) is 6.54 Å². The van der Waals surface area contributed by atoms with Crippen LogP contribution in [0.1, 0.15) is 63.6 Å². The Labute approximate surface area is 169 Å². The van der Waals surface area contributed by atoms with Gasteiger partial charge in [0.15, 0.2) is 5.82 Å². The van der Waals surface area contributed by atoms with E-state index < -0.39 is 0 Å². The monoisotopic (exact) mass is 394 g/mol. The number of hydrogen-bond donors (Lipinski definition) is 0. The normalized spacial score (nSPS) is 21.6. The second kappa shape index (κ2) is 6.73. The number of likely N-dealkylation sites (tertiary alicyclic amines) is 1. The van der Waals surface area contributed by atoms with Gasteiger partial charge in [-0.05, 0) is 49.9 Å². The fraction of sp³-hybridized carbons (Fsp3) is 0.571. The third-order valence-electron chi connectivity index (χ3n) is 6.18. The van der Waals surface area contributed by atoms with Crippen LogP contribution in [-0.4, -0.2) is 43.3 Å². The van der Waals surface area contributed by atoms with E-state index in [9.17, 15) is 0 Å². The van der Waals surface area contributed by atoms with Crippen molar-refractivity contribution >= 4 is 0 Å². The van der Waals surface area contributed by atoms with Crippen molar-refractivity contribution in [3.8, 4) is 11.4 Å². The zero-order valence-corrected chi connectivity index (χ0v) is 17.1. The molecule has 2 aliphatic rings. The molecule has 1 aliphatic heterocycles. The molecule has 29 heavy (non-hydrogen) atoms. The molecule has 0 aromatic carbocycles. The van der Waals surface area contributed by atoms with Crippen LogP contribution >= 0.6 is 0 Å². The molecule has 1 aliphatic carbocycles. The predicted octanol–water partition coefficient (Wildman–Crippen LogP) is 3.58. The van der Waals surface area contributed by atoms with Gasteiger partial charge >= 0.3 is 0 Å². The molecule has 1 atom stereocenters. The maximum Gasteiger partial charge on any atom is 0.232 e. The van der Waals surface area contributed by atoms with Crippen LogP contribution in [0.5, 0.6) is 0 Å². The molecule has 1 spiro atoms. The van der Waals surface area contributed by atoms with Gasteiger partial charge in [-0.1, -0.05) is 31.1 Å². The standard InChI is InChI=1S/C21H26N6O2/c1-20(2,3)19-23-16(25-29-19)13-27-9-6-21(7-10-27)11-15(21)18-24-17(26-28-18)14-5-4-8-22-12-14/h4-5,8,12,15H,6-7,9-11,13H2,1-3H3. The average molecular weight is 394 g/mol. The summed E-state index contributed by atoms with van der Waals surface area (Å²) in [5.74, 6) is 3.24. The molecule has 3 aromatic heterocycles. The first kappa shape index (κ1) is 18.4. The summed E-state index contributed by atoms with van der Waals surface area (Å²) < 4.78 is 11.0. The number of nitrogens with zero attached hydrogens (tertiary/aromatic N) is 6. The smallest absolute Gasteiger partial charge is 0.232 e. The minimum atomic E-state index is -0.114. The molecule has 0 N–H and O–H groups in total. The molecule has 8 heteroatoms. The Morgan fingerprint density at radius 1 is 1.14 bits per heavy atom. The highest BCUT2D eigenvalue weighted by atomic mass is 16.5. The Kier molecular flexibility index (Phi) is 4.27. The van der Waals surface area contributed by atoms with Gasteiger partial charge in [-0.3, -0.25) is 9.88 Å². The van der Waals surface area contributed by atoms with E-state index in [4.69, 9.17) is 9.05 Å². The summed E-state index contributed by atoms with van der Waals surface area (Å²) in [6.45, 7) is 9.04. The topological polar surface area (TPSA) is 94.0 Å². The first-order valence-electron chi connectivity index (χ1n) is 10.2. The van der Waals surface area contributed by atoms with Crippen LogP contribution in [0, 0.1) is 5.41 Å². The van der Waals surface area contributed by atoms with Gasteiger partial charge in [0, 0.05) is 29.3 Å². The number of pyridine rings is 1. The van der Waals surface area contributed by atoms with Crippen molar-refractivity contribution in [2.75, 3.05) is 13.1 Å². The Morgan fingerprint density at radius 3 is 2.66 bits per heavy atom. The second-order valence-corrected chi connectivity index (χ2v) is 9.36. The van der Waals surface area contributed by atoms with E-state index in [0.29, 0.717) is 23.0 Å². The Bertz CT molecular complexity index is 982. The van der Waals surface area contributed by atoms with Crippen molar-refractivity contribution in [2.45, 2.75) is 57.9 Å². The van der Waals surface area contributed by atoms with E-state index in [1.54, 1.807) is 12.4 Å². The zero-order chi connectivity index (χ0) is 20.1. The molecule has 2 fully saturated rings. The van der Waals surface area contributed by atoms with Gasteiger partial charge < -0.3 is 9.05 Å². The molecule has 5 rings (SSSR count). The fourth-order valence-corrected chi connectivity index (χ4v) is 4.22. The SMILES string of the molecule is CC(C)(C)c1nc(CN2CCC3(CC2)CC3c2nc(-c3cccnc3)no2)no1. The largest absolute Gasteiger partial charge is 0.339 e. The van der Waals surface area contributed by atoms with Crippen LogP contribution in [0.2, 0.25) is 0 Å². The summed E-state index contributed by atoms with van der Waals surface area (Å²) in [5, 5.41) is 8.31. The van der Waals surface area contributed by atoms with Crippen LogP contribution in [-0.2, 0) is 12.0 Å². The fourth-order valence-electron chi connectivity index (χ4n) is 4.22. The third-order valence-corrected chi connectivity index (χ3v) is 6.18. The van der Waals surface area contributed by atoms with E-state index in [-0.39, 0.29) is 5.41 Å². The molecule has 4 heterocycles. The molecule has 3 aromatic rings. The van der Waals surface area contributed by atoms with Crippen LogP contribution in [0.3, 0.4) is 0 Å². The maximum atomic E-state index is 5.59. The lowest BCUT2D eigenvalue weighted by atomic mass is 9.91. The third kappa shape index (κ3) is 3.57. The summed E-state index contributed by atoms with van der Waals surface area (Å²) in [6.07, 6.45) is 6.90. The van der Waals surface area contributed by atoms with Crippen LogP contribution in [0.25, 0.3) is 11.4 Å². The molecule has 152 valence electrons. The highest BCUT2D eigenvalue weighted by Crippen LogP contribution is 2.64. The minimum absolute atomic E-state index is 0.114. The van der Waals surface area contributed by atoms with Crippen molar-refractivity contribution in [2.24, 2.45) is 5.41 Å². The average Bonchev–Trinajstić information content (AvgIpc) is 3.07. The zero-order valence-electron chi connectivity index (χ0n) is 17.1. The summed E-state index contributed by atoms with van der Waals surface area (Å²) in [7, 11) is 0. The maximum absolute atomic E-state index is 5.59. The van der Waals surface area contributed by atoms with Gasteiger partial charge in [-0.25, -0.2) is 0 Å². The second-order valence-electron chi connectivity index (χ2n) is 9.36. The van der Waals surface area contributed by atoms with E-state index in [2.05, 4.69) is 50.9 Å². The van der Waals surface area contributed by atoms with E-state index in [1.807, 2.05) is 12.1 Å². The van der Waals surface area contributed by atoms with Crippen molar-refractivity contribution in [3.05, 3.63) is 42.1 Å². The Morgan fingerprint density at radius 2 is 1.97 bits per heavy atom. The summed E-state index contributed by atoms with van der Waals surface area (Å²) in [6, 6.07) is 3.83. The van der Waals surface area contributed by atoms with Gasteiger partial charge in [-0.15, -0.1) is 0 Å². The van der Waals surface area contributed by atoms with E-state index in [0.717, 1.165) is 56.2 Å². The molecule has 1 unspecified atom stereocenters. The summed E-state index contributed by atoms with van der Waals surface area (Å²) in [5.41, 5.74) is 1.09. The van der Waals surface area contributed by atoms with Gasteiger partial charge in [0.1, 0.15) is 0 Å². The number of aromatic nitrogens is 5. The summed E-state index contributed by atoms with van der Waals surface area (Å²) in [4.78, 5) is 15.7. The lowest BCUT2D eigenvalue weighted by Crippen LogP contribution is -2.34. The van der Waals surface area contributed by atoms with Crippen molar-refractivity contribution in [1.82, 2.24) is 30.2 Å². The summed E-state index contributed by atoms with van der Waals surface area (Å²) >= 11 is 0. The molecule has 0 amide bonds. The van der Waals surface area contributed by atoms with E-state index in [1.165, 1.54) is 0 Å². The minimum Gasteiger partial charge on any atom is -0.339 e. The van der Waals surface area contributed by atoms with Gasteiger partial charge in [-0.2, -0.15) is 9.97 Å². The molecule has 1 saturated heterocycles. The van der Waals surface area contributed by atoms with Crippen LogP contribution in [0.15, 0.2) is 33.6 Å². The van der Waals surface area contributed by atoms with Gasteiger partial charge in [0.25, 0.3) is 0 Å². The molecule has 0 radical (unpaired) electrons. The lowest BCUT2D eigenvalue weighted by Gasteiger charge is -2.31. The first-order chi connectivity index (χ1) is 13.9. The molecule has 0 bridgehead atoms. The lowest BCUT2D eigenvalue weighted by molar-refractivity contribution is 0.154. The highest BCUT2D eigenvalue weighted by Gasteiger charge is 2.58.